The van der Waals surface area contributed by atoms with Gasteiger partial charge in [0, 0.05) is 12.6 Å². The van der Waals surface area contributed by atoms with Gasteiger partial charge in [-0.1, -0.05) is 24.1 Å². The molecule has 1 N–H and O–H groups in total. The van der Waals surface area contributed by atoms with Crippen LogP contribution < -0.4 is 0 Å². The van der Waals surface area contributed by atoms with Crippen molar-refractivity contribution in [1.29, 1.82) is 0 Å². The largest absolute Gasteiger partial charge is 0.393 e. The fourth-order valence-corrected chi connectivity index (χ4v) is 3.00. The summed E-state index contributed by atoms with van der Waals surface area (Å²) in [5.41, 5.74) is 2.97. The Hall–Kier alpha value is -0.600. The standard InChI is InChI=1S/C15H25NO/c1-12-10-14(7-5-6-13(2)17)11-16-9-4-3-8-15(12)16/h7,10,13,15,17H,3-6,8-9,11H2,1-2H3/b14-7+/t13?,15-/m0/s1. The van der Waals surface area contributed by atoms with E-state index in [1.165, 1.54) is 37.0 Å². The van der Waals surface area contributed by atoms with Crippen LogP contribution in [-0.4, -0.2) is 35.2 Å². The number of allylic oxidation sites excluding steroid dienone is 1. The molecule has 0 aromatic heterocycles. The first-order chi connectivity index (χ1) is 8.16. The van der Waals surface area contributed by atoms with Gasteiger partial charge in [0.05, 0.1) is 6.10 Å². The highest BCUT2D eigenvalue weighted by Gasteiger charge is 2.26. The summed E-state index contributed by atoms with van der Waals surface area (Å²) in [6.45, 7) is 6.50. The van der Waals surface area contributed by atoms with Crippen molar-refractivity contribution < 1.29 is 5.11 Å². The third kappa shape index (κ3) is 3.43. The minimum Gasteiger partial charge on any atom is -0.393 e. The van der Waals surface area contributed by atoms with Crippen molar-refractivity contribution in [2.75, 3.05) is 13.1 Å². The molecule has 2 atom stereocenters. The monoisotopic (exact) mass is 235 g/mol. The van der Waals surface area contributed by atoms with Crippen LogP contribution in [0.1, 0.15) is 46.0 Å². The zero-order valence-electron chi connectivity index (χ0n) is 11.2. The van der Waals surface area contributed by atoms with Crippen LogP contribution in [0.2, 0.25) is 0 Å². The van der Waals surface area contributed by atoms with Crippen LogP contribution in [-0.2, 0) is 0 Å². The number of rotatable bonds is 3. The molecule has 96 valence electrons. The summed E-state index contributed by atoms with van der Waals surface area (Å²) in [5.74, 6) is 0. The highest BCUT2D eigenvalue weighted by atomic mass is 16.3. The molecule has 0 aliphatic carbocycles. The van der Waals surface area contributed by atoms with E-state index >= 15 is 0 Å². The lowest BCUT2D eigenvalue weighted by atomic mass is 9.90. The van der Waals surface area contributed by atoms with Crippen molar-refractivity contribution in [3.63, 3.8) is 0 Å². The Morgan fingerprint density at radius 3 is 3.12 bits per heavy atom. The van der Waals surface area contributed by atoms with Crippen LogP contribution in [0.4, 0.5) is 0 Å². The molecule has 0 spiro atoms. The molecule has 2 heteroatoms. The van der Waals surface area contributed by atoms with Crippen molar-refractivity contribution >= 4 is 0 Å². The zero-order valence-corrected chi connectivity index (χ0v) is 11.2. The SMILES string of the molecule is CC1=C/C(=C\CCC(C)O)CN2CCCC[C@@H]12. The second kappa shape index (κ2) is 5.83. The molecular formula is C15H25NO. The Balaban J connectivity index is 1.98. The van der Waals surface area contributed by atoms with E-state index in [0.717, 1.165) is 19.4 Å². The average Bonchev–Trinajstić information content (AvgIpc) is 2.28. The van der Waals surface area contributed by atoms with Crippen molar-refractivity contribution in [3.05, 3.63) is 23.3 Å². The van der Waals surface area contributed by atoms with E-state index in [1.54, 1.807) is 0 Å². The number of fused-ring (bicyclic) bond motifs is 1. The minimum atomic E-state index is -0.178. The quantitative estimate of drug-likeness (QED) is 0.813. The van der Waals surface area contributed by atoms with E-state index in [1.807, 2.05) is 6.92 Å². The van der Waals surface area contributed by atoms with E-state index in [4.69, 9.17) is 0 Å². The van der Waals surface area contributed by atoms with Gasteiger partial charge in [-0.25, -0.2) is 0 Å². The predicted octanol–water partition coefficient (Wildman–Crippen LogP) is 2.89. The molecule has 2 nitrogen and oxygen atoms in total. The van der Waals surface area contributed by atoms with Crippen LogP contribution in [0.3, 0.4) is 0 Å². The molecule has 0 amide bonds. The Labute approximate surface area is 105 Å². The maximum Gasteiger partial charge on any atom is 0.0515 e. The van der Waals surface area contributed by atoms with Crippen LogP contribution >= 0.6 is 0 Å². The Kier molecular flexibility index (Phi) is 4.41. The van der Waals surface area contributed by atoms with Gasteiger partial charge in [0.2, 0.25) is 0 Å². The van der Waals surface area contributed by atoms with Crippen molar-refractivity contribution in [2.45, 2.75) is 58.1 Å². The molecule has 1 unspecified atom stereocenters. The number of aliphatic hydroxyl groups is 1. The number of hydrogen-bond donors (Lipinski definition) is 1. The lowest BCUT2D eigenvalue weighted by molar-refractivity contribution is 0.179. The summed E-state index contributed by atoms with van der Waals surface area (Å²) in [7, 11) is 0. The summed E-state index contributed by atoms with van der Waals surface area (Å²) in [6.07, 6.45) is 10.4. The Bertz CT molecular complexity index is 317. The molecule has 0 aromatic rings. The highest BCUT2D eigenvalue weighted by Crippen LogP contribution is 2.28. The summed E-state index contributed by atoms with van der Waals surface area (Å²) in [6, 6.07) is 0.706. The van der Waals surface area contributed by atoms with Crippen molar-refractivity contribution in [2.24, 2.45) is 0 Å². The maximum absolute atomic E-state index is 9.27. The number of nitrogens with zero attached hydrogens (tertiary/aromatic N) is 1. The predicted molar refractivity (Wildman–Crippen MR) is 72.0 cm³/mol. The second-order valence-electron chi connectivity index (χ2n) is 5.58. The summed E-state index contributed by atoms with van der Waals surface area (Å²) < 4.78 is 0. The van der Waals surface area contributed by atoms with Gasteiger partial charge in [0.25, 0.3) is 0 Å². The molecular weight excluding hydrogens is 210 g/mol. The normalized spacial score (nSPS) is 29.9. The van der Waals surface area contributed by atoms with E-state index in [-0.39, 0.29) is 6.10 Å². The van der Waals surface area contributed by atoms with Gasteiger partial charge in [-0.05, 0) is 51.6 Å². The highest BCUT2D eigenvalue weighted by molar-refractivity contribution is 5.31. The molecule has 2 aliphatic heterocycles. The van der Waals surface area contributed by atoms with Gasteiger partial charge >= 0.3 is 0 Å². The van der Waals surface area contributed by atoms with Crippen LogP contribution in [0.15, 0.2) is 23.3 Å². The topological polar surface area (TPSA) is 23.5 Å². The lowest BCUT2D eigenvalue weighted by Crippen LogP contribution is -2.43. The third-order valence-corrected chi connectivity index (χ3v) is 3.93. The van der Waals surface area contributed by atoms with Crippen LogP contribution in [0, 0.1) is 0 Å². The molecule has 2 heterocycles. The van der Waals surface area contributed by atoms with Gasteiger partial charge < -0.3 is 5.11 Å². The third-order valence-electron chi connectivity index (χ3n) is 3.93. The molecule has 17 heavy (non-hydrogen) atoms. The molecule has 2 aliphatic rings. The molecule has 0 saturated carbocycles. The Morgan fingerprint density at radius 2 is 2.35 bits per heavy atom. The van der Waals surface area contributed by atoms with Crippen LogP contribution in [0.5, 0.6) is 0 Å². The second-order valence-corrected chi connectivity index (χ2v) is 5.58. The van der Waals surface area contributed by atoms with Crippen molar-refractivity contribution in [1.82, 2.24) is 4.90 Å². The molecule has 0 bridgehead atoms. The average molecular weight is 235 g/mol. The molecule has 1 saturated heterocycles. The first kappa shape index (κ1) is 12.8. The summed E-state index contributed by atoms with van der Waals surface area (Å²) in [5, 5.41) is 9.27. The van der Waals surface area contributed by atoms with E-state index in [9.17, 15) is 5.11 Å². The Morgan fingerprint density at radius 1 is 1.53 bits per heavy atom. The fraction of sp³-hybridized carbons (Fsp3) is 0.733. The molecule has 0 radical (unpaired) electrons. The van der Waals surface area contributed by atoms with Gasteiger partial charge in [-0.15, -0.1) is 0 Å². The van der Waals surface area contributed by atoms with Gasteiger partial charge in [-0.2, -0.15) is 0 Å². The van der Waals surface area contributed by atoms with Gasteiger partial charge in [-0.3, -0.25) is 4.90 Å². The number of piperidine rings is 1. The van der Waals surface area contributed by atoms with Gasteiger partial charge in [0.1, 0.15) is 0 Å². The summed E-state index contributed by atoms with van der Waals surface area (Å²) >= 11 is 0. The van der Waals surface area contributed by atoms with Gasteiger partial charge in [0.15, 0.2) is 0 Å². The van der Waals surface area contributed by atoms with E-state index < -0.39 is 0 Å². The fourth-order valence-electron chi connectivity index (χ4n) is 3.00. The number of aliphatic hydroxyl groups excluding tert-OH is 1. The maximum atomic E-state index is 9.27. The first-order valence-corrected chi connectivity index (χ1v) is 6.96. The first-order valence-electron chi connectivity index (χ1n) is 6.96. The number of hydrogen-bond acceptors (Lipinski definition) is 2. The van der Waals surface area contributed by atoms with E-state index in [0.29, 0.717) is 6.04 Å². The molecule has 1 fully saturated rings. The van der Waals surface area contributed by atoms with E-state index in [2.05, 4.69) is 24.0 Å². The zero-order chi connectivity index (χ0) is 12.3. The summed E-state index contributed by atoms with van der Waals surface area (Å²) in [4.78, 5) is 2.62. The minimum absolute atomic E-state index is 0.178. The lowest BCUT2D eigenvalue weighted by Gasteiger charge is -2.40. The molecule has 0 aromatic carbocycles. The smallest absolute Gasteiger partial charge is 0.0515 e. The van der Waals surface area contributed by atoms with Crippen molar-refractivity contribution in [3.8, 4) is 0 Å². The van der Waals surface area contributed by atoms with Crippen LogP contribution in [0.25, 0.3) is 0 Å². The molecule has 2 rings (SSSR count).